The van der Waals surface area contributed by atoms with E-state index in [9.17, 15) is 4.79 Å². The molecule has 0 aromatic heterocycles. The summed E-state index contributed by atoms with van der Waals surface area (Å²) in [5.74, 6) is 0.135. The van der Waals surface area contributed by atoms with Gasteiger partial charge in [0, 0.05) is 5.57 Å². The Labute approximate surface area is 139 Å². The molecule has 1 atom stereocenters. The van der Waals surface area contributed by atoms with E-state index >= 15 is 0 Å². The van der Waals surface area contributed by atoms with Crippen molar-refractivity contribution in [1.29, 1.82) is 0 Å². The van der Waals surface area contributed by atoms with Crippen LogP contribution in [-0.4, -0.2) is 39.7 Å². The lowest BCUT2D eigenvalue weighted by Gasteiger charge is -2.56. The molecule has 0 aromatic carbocycles. The fraction of sp³-hybridized carbons (Fsp3) is 0.824. The molecule has 0 N–H and O–H groups in total. The van der Waals surface area contributed by atoms with Crippen molar-refractivity contribution in [2.45, 2.75) is 83.8 Å². The van der Waals surface area contributed by atoms with E-state index in [-0.39, 0.29) is 22.0 Å². The van der Waals surface area contributed by atoms with Gasteiger partial charge < -0.3 is 8.99 Å². The highest BCUT2D eigenvalue weighted by molar-refractivity contribution is 6.80. The summed E-state index contributed by atoms with van der Waals surface area (Å²) in [6, 6.07) is 0.0718. The van der Waals surface area contributed by atoms with Gasteiger partial charge in [-0.05, 0) is 23.2 Å². The Morgan fingerprint density at radius 2 is 1.50 bits per heavy atom. The molecule has 1 rings (SSSR count). The van der Waals surface area contributed by atoms with E-state index in [1.54, 1.807) is 0 Å². The topological polar surface area (TPSA) is 29.5 Å². The number of β-lactam (4-membered cyclic amide) rings is 1. The summed E-state index contributed by atoms with van der Waals surface area (Å²) >= 11 is 0. The van der Waals surface area contributed by atoms with Crippen LogP contribution in [0.2, 0.25) is 36.3 Å². The Morgan fingerprint density at radius 1 is 1.05 bits per heavy atom. The average Bonchev–Trinajstić information content (AvgIpc) is 2.29. The molecule has 0 unspecified atom stereocenters. The number of hydrogen-bond donors (Lipinski definition) is 0. The second-order valence-corrected chi connectivity index (χ2v) is 19.5. The average molecular weight is 342 g/mol. The molecule has 5 heteroatoms. The molecule has 0 aliphatic carbocycles. The molecule has 1 fully saturated rings. The maximum Gasteiger partial charge on any atom is 0.244 e. The van der Waals surface area contributed by atoms with Crippen LogP contribution < -0.4 is 0 Å². The van der Waals surface area contributed by atoms with Gasteiger partial charge in [-0.25, -0.2) is 0 Å². The van der Waals surface area contributed by atoms with Crippen molar-refractivity contribution >= 4 is 22.5 Å². The standard InChI is InChI=1S/C17H35NO2Si2/c1-13-14(12-20-22(10,11)17(5,6)7)18(15(13)19)21(8,9)16(2,3)4/h14H,1,12H2,2-11H3/t14-/m1/s1. The number of amides is 1. The Balaban J connectivity index is 2.91. The second-order valence-electron chi connectivity index (χ2n) is 9.60. The highest BCUT2D eigenvalue weighted by atomic mass is 28.4. The van der Waals surface area contributed by atoms with Crippen LogP contribution in [-0.2, 0) is 9.22 Å². The van der Waals surface area contributed by atoms with Crippen LogP contribution >= 0.6 is 0 Å². The molecule has 0 spiro atoms. The zero-order valence-corrected chi connectivity index (χ0v) is 18.3. The van der Waals surface area contributed by atoms with Crippen LogP contribution in [0, 0.1) is 0 Å². The van der Waals surface area contributed by atoms with Gasteiger partial charge in [-0.15, -0.1) is 0 Å². The van der Waals surface area contributed by atoms with Crippen molar-refractivity contribution in [1.82, 2.24) is 4.57 Å². The van der Waals surface area contributed by atoms with Crippen molar-refractivity contribution in [3.63, 3.8) is 0 Å². The van der Waals surface area contributed by atoms with Gasteiger partial charge in [-0.3, -0.25) is 4.79 Å². The first-order valence-corrected chi connectivity index (χ1v) is 14.1. The Bertz CT molecular complexity index is 470. The minimum atomic E-state index is -1.87. The first kappa shape index (κ1) is 19.7. The van der Waals surface area contributed by atoms with Crippen LogP contribution in [0.15, 0.2) is 12.2 Å². The SMILES string of the molecule is C=C1C(=O)N([Si](C)(C)C(C)(C)C)[C@@H]1CO[Si](C)(C)C(C)(C)C. The zero-order valence-electron chi connectivity index (χ0n) is 16.3. The lowest BCUT2D eigenvalue weighted by atomic mass is 10.0. The summed E-state index contributed by atoms with van der Waals surface area (Å²) < 4.78 is 8.47. The van der Waals surface area contributed by atoms with Crippen molar-refractivity contribution in [2.75, 3.05) is 6.61 Å². The second kappa shape index (κ2) is 5.60. The highest BCUT2D eigenvalue weighted by Gasteiger charge is 2.54. The van der Waals surface area contributed by atoms with Gasteiger partial charge in [0.15, 0.2) is 16.6 Å². The lowest BCUT2D eigenvalue weighted by molar-refractivity contribution is -0.132. The summed E-state index contributed by atoms with van der Waals surface area (Å²) in [4.78, 5) is 12.4. The molecule has 0 bridgehead atoms. The predicted octanol–water partition coefficient (Wildman–Crippen LogP) is 4.78. The van der Waals surface area contributed by atoms with Gasteiger partial charge in [-0.1, -0.05) is 61.2 Å². The summed E-state index contributed by atoms with van der Waals surface area (Å²) in [7, 11) is -3.67. The number of hydrogen-bond acceptors (Lipinski definition) is 2. The number of carbonyl (C=O) groups is 1. The molecule has 0 saturated carbocycles. The largest absolute Gasteiger partial charge is 0.414 e. The van der Waals surface area contributed by atoms with Gasteiger partial charge >= 0.3 is 0 Å². The predicted molar refractivity (Wildman–Crippen MR) is 100 cm³/mol. The summed E-state index contributed by atoms with van der Waals surface area (Å²) in [5.41, 5.74) is 0.725. The monoisotopic (exact) mass is 341 g/mol. The maximum absolute atomic E-state index is 12.4. The molecule has 128 valence electrons. The normalized spacial score (nSPS) is 21.2. The molecule has 0 aromatic rings. The summed E-state index contributed by atoms with van der Waals surface area (Å²) in [6.45, 7) is 27.1. The van der Waals surface area contributed by atoms with E-state index in [1.807, 2.05) is 0 Å². The van der Waals surface area contributed by atoms with Crippen LogP contribution in [0.5, 0.6) is 0 Å². The molecule has 1 aliphatic rings. The van der Waals surface area contributed by atoms with Gasteiger partial charge in [0.1, 0.15) is 0 Å². The smallest absolute Gasteiger partial charge is 0.244 e. The van der Waals surface area contributed by atoms with E-state index in [4.69, 9.17) is 4.43 Å². The van der Waals surface area contributed by atoms with E-state index in [1.165, 1.54) is 0 Å². The van der Waals surface area contributed by atoms with Gasteiger partial charge in [0.25, 0.3) is 0 Å². The summed E-state index contributed by atoms with van der Waals surface area (Å²) in [6.07, 6.45) is 0. The molecule has 1 aliphatic heterocycles. The van der Waals surface area contributed by atoms with Crippen LogP contribution in [0.3, 0.4) is 0 Å². The van der Waals surface area contributed by atoms with Crippen LogP contribution in [0.4, 0.5) is 0 Å². The van der Waals surface area contributed by atoms with Crippen LogP contribution in [0.1, 0.15) is 41.5 Å². The number of nitrogens with zero attached hydrogens (tertiary/aromatic N) is 1. The first-order valence-electron chi connectivity index (χ1n) is 8.20. The Morgan fingerprint density at radius 3 is 1.86 bits per heavy atom. The van der Waals surface area contributed by atoms with Crippen molar-refractivity contribution in [3.05, 3.63) is 12.2 Å². The molecule has 3 nitrogen and oxygen atoms in total. The maximum atomic E-state index is 12.4. The molecule has 1 amide bonds. The molecule has 1 heterocycles. The number of rotatable bonds is 4. The third kappa shape index (κ3) is 3.26. The van der Waals surface area contributed by atoms with Gasteiger partial charge in [0.2, 0.25) is 5.91 Å². The molecule has 1 saturated heterocycles. The van der Waals surface area contributed by atoms with Gasteiger partial charge in [0.05, 0.1) is 12.6 Å². The number of carbonyl (C=O) groups excluding carboxylic acids is 1. The Kier molecular flexibility index (Phi) is 5.00. The fourth-order valence-electron chi connectivity index (χ4n) is 2.21. The first-order chi connectivity index (χ1) is 9.54. The van der Waals surface area contributed by atoms with Crippen molar-refractivity contribution in [3.8, 4) is 0 Å². The Hall–Kier alpha value is -0.396. The molecule has 22 heavy (non-hydrogen) atoms. The van der Waals surface area contributed by atoms with Crippen molar-refractivity contribution in [2.24, 2.45) is 0 Å². The van der Waals surface area contributed by atoms with E-state index in [0.29, 0.717) is 6.61 Å². The third-order valence-electron chi connectivity index (χ3n) is 6.05. The highest BCUT2D eigenvalue weighted by Crippen LogP contribution is 2.45. The quantitative estimate of drug-likeness (QED) is 0.418. The van der Waals surface area contributed by atoms with Crippen LogP contribution in [0.25, 0.3) is 0 Å². The zero-order chi connectivity index (χ0) is 17.7. The molecule has 0 radical (unpaired) electrons. The van der Waals surface area contributed by atoms with Crippen molar-refractivity contribution < 1.29 is 9.22 Å². The lowest BCUT2D eigenvalue weighted by Crippen LogP contribution is -2.70. The molecular formula is C17H35NO2Si2. The van der Waals surface area contributed by atoms with E-state index in [0.717, 1.165) is 5.57 Å². The fourth-order valence-corrected chi connectivity index (χ4v) is 5.60. The van der Waals surface area contributed by atoms with E-state index in [2.05, 4.69) is 78.9 Å². The summed E-state index contributed by atoms with van der Waals surface area (Å²) in [5, 5.41) is 0.322. The molecular weight excluding hydrogens is 306 g/mol. The third-order valence-corrected chi connectivity index (χ3v) is 15.9. The minimum Gasteiger partial charge on any atom is -0.414 e. The van der Waals surface area contributed by atoms with Gasteiger partial charge in [-0.2, -0.15) is 0 Å². The van der Waals surface area contributed by atoms with E-state index < -0.39 is 16.6 Å². The minimum absolute atomic E-state index is 0.0718.